The van der Waals surface area contributed by atoms with E-state index in [1.807, 2.05) is 0 Å². The summed E-state index contributed by atoms with van der Waals surface area (Å²) in [6, 6.07) is 0. The maximum atomic E-state index is 9.60. The third-order valence-corrected chi connectivity index (χ3v) is 0.997. The summed E-state index contributed by atoms with van der Waals surface area (Å²) in [6.45, 7) is 4.60. The van der Waals surface area contributed by atoms with E-state index in [4.69, 9.17) is 10.2 Å². The van der Waals surface area contributed by atoms with Crippen molar-refractivity contribution in [2.45, 2.75) is 19.4 Å². The topological polar surface area (TPSA) is 138 Å². The Balaban J connectivity index is -0.000000214. The van der Waals surface area contributed by atoms with Crippen molar-refractivity contribution in [3.8, 4) is 0 Å². The van der Waals surface area contributed by atoms with E-state index in [2.05, 4.69) is 6.58 Å². The van der Waals surface area contributed by atoms with E-state index in [9.17, 15) is 24.6 Å². The zero-order chi connectivity index (χ0) is 12.6. The van der Waals surface area contributed by atoms with Crippen LogP contribution in [0.15, 0.2) is 12.2 Å². The number of aliphatic hydroxyl groups is 1. The van der Waals surface area contributed by atoms with Gasteiger partial charge in [-0.15, -0.1) is 0 Å². The molecule has 2 N–H and O–H groups in total. The van der Waals surface area contributed by atoms with E-state index in [1.54, 1.807) is 0 Å². The molecule has 0 aliphatic carbocycles. The number of rotatable bonds is 4. The van der Waals surface area contributed by atoms with Crippen LogP contribution in [0, 0.1) is 0 Å². The van der Waals surface area contributed by atoms with Crippen molar-refractivity contribution in [2.24, 2.45) is 0 Å². The maximum absolute atomic E-state index is 9.60. The minimum absolute atomic E-state index is 0. The fourth-order valence-electron chi connectivity index (χ4n) is 0.241. The van der Waals surface area contributed by atoms with Crippen LogP contribution in [0.5, 0.6) is 0 Å². The molecule has 1 unspecified atom stereocenters. The fourth-order valence-corrected chi connectivity index (χ4v) is 0.241. The van der Waals surface area contributed by atoms with Crippen LogP contribution in [0.4, 0.5) is 0 Å². The summed E-state index contributed by atoms with van der Waals surface area (Å²) in [6.07, 6.45) is -2.89. The first-order valence-corrected chi connectivity index (χ1v) is 3.66. The van der Waals surface area contributed by atoms with Gasteiger partial charge in [-0.1, -0.05) is 6.58 Å². The van der Waals surface area contributed by atoms with Crippen molar-refractivity contribution in [1.82, 2.24) is 0 Å². The summed E-state index contributed by atoms with van der Waals surface area (Å²) in [5.41, 5.74) is 0.176. The summed E-state index contributed by atoms with van der Waals surface area (Å²) in [7, 11) is 0. The monoisotopic (exact) mass is 258 g/mol. The second-order valence-electron chi connectivity index (χ2n) is 2.50. The van der Waals surface area contributed by atoms with Gasteiger partial charge in [0.25, 0.3) is 0 Å². The molecule has 0 heterocycles. The second kappa shape index (κ2) is 10.9. The largest absolute Gasteiger partial charge is 2.00 e. The molecule has 7 nitrogen and oxygen atoms in total. The number of hydrogen-bond donors (Lipinski definition) is 2. The molecule has 0 fully saturated rings. The van der Waals surface area contributed by atoms with Gasteiger partial charge in [-0.3, -0.25) is 0 Å². The van der Waals surface area contributed by atoms with Crippen LogP contribution in [-0.2, 0) is 14.4 Å². The summed E-state index contributed by atoms with van der Waals surface area (Å²) >= 11 is 0. The van der Waals surface area contributed by atoms with Crippen molar-refractivity contribution in [3.05, 3.63) is 12.2 Å². The zero-order valence-corrected chi connectivity index (χ0v) is 10.8. The molecule has 0 saturated carbocycles. The number of carboxylic acids is 3. The van der Waals surface area contributed by atoms with Crippen LogP contribution < -0.4 is 10.2 Å². The molecule has 0 aliphatic heterocycles. The summed E-state index contributed by atoms with van der Waals surface area (Å²) < 4.78 is 0. The smallest absolute Gasteiger partial charge is 0.550 e. The Bertz CT molecular complexity index is 262. The van der Waals surface area contributed by atoms with Gasteiger partial charge in [0.1, 0.15) is 0 Å². The molecule has 0 bridgehead atoms. The number of hydrogen-bond acceptors (Lipinski definition) is 6. The number of aliphatic carboxylic acids is 3. The molecule has 0 aromatic heterocycles. The molecule has 0 amide bonds. The normalized spacial score (nSPS) is 9.88. The summed E-state index contributed by atoms with van der Waals surface area (Å²) in [5, 5.41) is 35.2. The second-order valence-corrected chi connectivity index (χ2v) is 2.50. The minimum atomic E-state index is -1.96. The summed E-state index contributed by atoms with van der Waals surface area (Å²) in [5.74, 6) is -4.36. The van der Waals surface area contributed by atoms with Crippen molar-refractivity contribution >= 4 is 55.6 Å². The van der Waals surface area contributed by atoms with Gasteiger partial charge in [0.2, 0.25) is 0 Å². The predicted octanol–water partition coefficient (Wildman–Crippen LogP) is -3.50. The fraction of sp³-hybridized carbons (Fsp3) is 0.375. The molecule has 86 valence electrons. The zero-order valence-electron chi connectivity index (χ0n) is 8.63. The van der Waals surface area contributed by atoms with Gasteiger partial charge >= 0.3 is 43.7 Å². The van der Waals surface area contributed by atoms with Crippen LogP contribution in [0.3, 0.4) is 0 Å². The predicted molar refractivity (Wildman–Crippen MR) is 48.8 cm³/mol. The number of carboxylic acid groups (broad SMARTS) is 3. The molecule has 0 radical (unpaired) electrons. The van der Waals surface area contributed by atoms with E-state index in [1.165, 1.54) is 6.92 Å². The third kappa shape index (κ3) is 15.8. The van der Waals surface area contributed by atoms with Gasteiger partial charge in [-0.2, -0.15) is 0 Å². The Labute approximate surface area is 121 Å². The molecule has 0 aromatic rings. The number of aliphatic hydroxyl groups excluding tert-OH is 1. The van der Waals surface area contributed by atoms with Gasteiger partial charge in [-0.05, 0) is 6.92 Å². The van der Waals surface area contributed by atoms with Crippen molar-refractivity contribution in [1.29, 1.82) is 0 Å². The molecule has 1 atom stereocenters. The standard InChI is InChI=1S/C4H6O5.C4H6O2.Ca/c5-2(4(8)9)1-3(6)7;1-3(2)4(5)6;/h2,5H,1H2,(H,6,7)(H,8,9);1H2,2H3,(H,5,6);/q;;+2/p-2. The minimum Gasteiger partial charge on any atom is -0.550 e. The van der Waals surface area contributed by atoms with Gasteiger partial charge in [-0.25, -0.2) is 4.79 Å². The molecule has 0 aliphatic rings. The first-order valence-electron chi connectivity index (χ1n) is 3.66. The average molecular weight is 258 g/mol. The Morgan fingerprint density at radius 3 is 1.69 bits per heavy atom. The molecular weight excluding hydrogens is 248 g/mol. The van der Waals surface area contributed by atoms with Crippen molar-refractivity contribution in [3.63, 3.8) is 0 Å². The van der Waals surface area contributed by atoms with Gasteiger partial charge < -0.3 is 30.0 Å². The van der Waals surface area contributed by atoms with Crippen LogP contribution in [0.1, 0.15) is 13.3 Å². The Hall–Kier alpha value is -0.630. The van der Waals surface area contributed by atoms with Gasteiger partial charge in [0.15, 0.2) is 0 Å². The van der Waals surface area contributed by atoms with E-state index in [-0.39, 0.29) is 43.3 Å². The first kappa shape index (κ1) is 20.7. The molecule has 0 spiro atoms. The number of carbonyl (C=O) groups excluding carboxylic acids is 2. The van der Waals surface area contributed by atoms with E-state index < -0.39 is 30.4 Å². The Morgan fingerprint density at radius 1 is 1.31 bits per heavy atom. The van der Waals surface area contributed by atoms with Gasteiger partial charge in [0, 0.05) is 18.0 Å². The van der Waals surface area contributed by atoms with Crippen molar-refractivity contribution < 1.29 is 34.8 Å². The van der Waals surface area contributed by atoms with E-state index >= 15 is 0 Å². The maximum Gasteiger partial charge on any atom is 2.00 e. The Morgan fingerprint density at radius 2 is 1.62 bits per heavy atom. The molecule has 0 rings (SSSR count). The third-order valence-electron chi connectivity index (χ3n) is 0.997. The Kier molecular flexibility index (Phi) is 14.1. The first-order chi connectivity index (χ1) is 6.68. The van der Waals surface area contributed by atoms with E-state index in [0.29, 0.717) is 0 Å². The van der Waals surface area contributed by atoms with Crippen LogP contribution in [-0.4, -0.2) is 72.0 Å². The molecular formula is C8H10CaO7. The van der Waals surface area contributed by atoms with Crippen LogP contribution in [0.2, 0.25) is 0 Å². The molecule has 0 saturated heterocycles. The van der Waals surface area contributed by atoms with Gasteiger partial charge in [0.05, 0.1) is 12.1 Å². The van der Waals surface area contributed by atoms with E-state index in [0.717, 1.165) is 0 Å². The molecule has 0 aromatic carbocycles. The SMILES string of the molecule is C=C(C)C(=O)O.O=C([O-])CC(O)C(=O)[O-].[Ca+2]. The molecule has 8 heteroatoms. The van der Waals surface area contributed by atoms with Crippen LogP contribution in [0.25, 0.3) is 0 Å². The van der Waals surface area contributed by atoms with Crippen molar-refractivity contribution in [2.75, 3.05) is 0 Å². The van der Waals surface area contributed by atoms with Crippen LogP contribution >= 0.6 is 0 Å². The average Bonchev–Trinajstić information content (AvgIpc) is 2.03. The molecule has 16 heavy (non-hydrogen) atoms. The quantitative estimate of drug-likeness (QED) is 0.394. The summed E-state index contributed by atoms with van der Waals surface area (Å²) in [4.78, 5) is 28.7. The number of carbonyl (C=O) groups is 3.